The number of hydrogen-bond donors (Lipinski definition) is 1. The van der Waals surface area contributed by atoms with E-state index in [0.717, 1.165) is 25.9 Å². The Morgan fingerprint density at radius 1 is 1.04 bits per heavy atom. The van der Waals surface area contributed by atoms with Crippen molar-refractivity contribution in [1.29, 1.82) is 0 Å². The van der Waals surface area contributed by atoms with Crippen molar-refractivity contribution in [2.75, 3.05) is 20.1 Å². The van der Waals surface area contributed by atoms with Crippen LogP contribution in [-0.4, -0.2) is 50.7 Å². The van der Waals surface area contributed by atoms with Crippen molar-refractivity contribution < 1.29 is 24.7 Å². The number of carbonyl (C=O) groups excluding carboxylic acids is 1. The quantitative estimate of drug-likeness (QED) is 0.615. The van der Waals surface area contributed by atoms with Gasteiger partial charge in [-0.05, 0) is 39.9 Å². The van der Waals surface area contributed by atoms with Gasteiger partial charge in [0.15, 0.2) is 0 Å². The van der Waals surface area contributed by atoms with Crippen LogP contribution in [0.5, 0.6) is 5.75 Å². The van der Waals surface area contributed by atoms with Gasteiger partial charge in [0.05, 0.1) is 26.9 Å². The minimum Gasteiger partial charge on any atom is -0.497 e. The zero-order valence-electron chi connectivity index (χ0n) is 14.2. The summed E-state index contributed by atoms with van der Waals surface area (Å²) >= 11 is 0. The number of nitro groups is 3. The van der Waals surface area contributed by atoms with Crippen LogP contribution >= 0.6 is 0 Å². The lowest BCUT2D eigenvalue weighted by atomic mass is 9.94. The number of phenols is 1. The summed E-state index contributed by atoms with van der Waals surface area (Å²) in [6.07, 6.45) is 2.12. The third-order valence-corrected chi connectivity index (χ3v) is 3.95. The van der Waals surface area contributed by atoms with Crippen LogP contribution in [0.1, 0.15) is 19.8 Å². The van der Waals surface area contributed by atoms with Crippen molar-refractivity contribution in [1.82, 2.24) is 4.90 Å². The number of likely N-dealkylation sites (tertiary alicyclic amines) is 1. The fourth-order valence-electron chi connectivity index (χ4n) is 2.39. The van der Waals surface area contributed by atoms with E-state index in [0.29, 0.717) is 23.8 Å². The number of benzene rings is 1. The number of non-ortho nitro benzene ring substituents is 1. The van der Waals surface area contributed by atoms with Crippen LogP contribution in [0.3, 0.4) is 0 Å². The predicted octanol–water partition coefficient (Wildman–Crippen LogP) is 2.03. The molecular formula is C14H18N4O8. The van der Waals surface area contributed by atoms with Gasteiger partial charge in [0.25, 0.3) is 11.4 Å². The van der Waals surface area contributed by atoms with E-state index in [1.54, 1.807) is 6.92 Å². The average Bonchev–Trinajstić information content (AvgIpc) is 2.55. The van der Waals surface area contributed by atoms with Crippen LogP contribution in [0.4, 0.5) is 17.1 Å². The van der Waals surface area contributed by atoms with E-state index in [1.165, 1.54) is 0 Å². The van der Waals surface area contributed by atoms with Gasteiger partial charge in [-0.3, -0.25) is 35.1 Å². The molecule has 0 radical (unpaired) electrons. The van der Waals surface area contributed by atoms with Gasteiger partial charge in [0.1, 0.15) is 5.78 Å². The molecule has 0 spiro atoms. The minimum absolute atomic E-state index is 0.358. The molecule has 1 aromatic rings. The second-order valence-corrected chi connectivity index (χ2v) is 5.79. The molecular weight excluding hydrogens is 352 g/mol. The highest BCUT2D eigenvalue weighted by molar-refractivity contribution is 5.78. The maximum absolute atomic E-state index is 10.9. The summed E-state index contributed by atoms with van der Waals surface area (Å²) in [7, 11) is 2.11. The van der Waals surface area contributed by atoms with Gasteiger partial charge in [0, 0.05) is 5.92 Å². The number of carbonyl (C=O) groups is 1. The summed E-state index contributed by atoms with van der Waals surface area (Å²) < 4.78 is 0. The number of aromatic hydroxyl groups is 1. The topological polar surface area (TPSA) is 170 Å². The van der Waals surface area contributed by atoms with E-state index in [-0.39, 0.29) is 0 Å². The first-order valence-corrected chi connectivity index (χ1v) is 7.53. The lowest BCUT2D eigenvalue weighted by Gasteiger charge is -2.26. The monoisotopic (exact) mass is 370 g/mol. The number of Topliss-reactive ketones (excluding diaryl/α,β-unsaturated/α-hetero) is 1. The molecule has 2 rings (SSSR count). The zero-order chi connectivity index (χ0) is 20.0. The summed E-state index contributed by atoms with van der Waals surface area (Å²) in [4.78, 5) is 40.9. The number of piperidine rings is 1. The normalized spacial score (nSPS) is 14.8. The second-order valence-electron chi connectivity index (χ2n) is 5.79. The smallest absolute Gasteiger partial charge is 0.324 e. The molecule has 12 heteroatoms. The Kier molecular flexibility index (Phi) is 7.07. The van der Waals surface area contributed by atoms with Gasteiger partial charge in [-0.25, -0.2) is 0 Å². The molecule has 1 heterocycles. The van der Waals surface area contributed by atoms with E-state index in [4.69, 9.17) is 5.11 Å². The Labute approximate surface area is 147 Å². The maximum atomic E-state index is 10.9. The molecule has 0 unspecified atom stereocenters. The first kappa shape index (κ1) is 20.9. The molecule has 0 amide bonds. The van der Waals surface area contributed by atoms with E-state index < -0.39 is 37.6 Å². The SMILES string of the molecule is CC(=O)C1CCN(C)CC1.O=[N+]([O-])c1cc([N+](=O)[O-])c(O)c([N+](=O)[O-])c1. The Balaban J connectivity index is 0.000000289. The molecule has 142 valence electrons. The van der Waals surface area contributed by atoms with Crippen LogP contribution in [0.25, 0.3) is 0 Å². The van der Waals surface area contributed by atoms with Crippen molar-refractivity contribution in [3.63, 3.8) is 0 Å². The minimum atomic E-state index is -1.21. The largest absolute Gasteiger partial charge is 0.497 e. The third kappa shape index (κ3) is 5.44. The number of ketones is 1. The number of phenolic OH excluding ortho intramolecular Hbond substituents is 1. The fraction of sp³-hybridized carbons (Fsp3) is 0.500. The standard InChI is InChI=1S/C8H15NO.C6H3N3O7/c1-7(10)8-3-5-9(2)6-4-8;10-6-4(8(13)14)1-3(7(11)12)2-5(6)9(15)16/h8H,3-6H2,1-2H3;1-2,10H. The summed E-state index contributed by atoms with van der Waals surface area (Å²) in [5, 5.41) is 40.2. The summed E-state index contributed by atoms with van der Waals surface area (Å²) in [5.41, 5.74) is -3.00. The molecule has 0 atom stereocenters. The zero-order valence-corrected chi connectivity index (χ0v) is 14.2. The third-order valence-electron chi connectivity index (χ3n) is 3.95. The van der Waals surface area contributed by atoms with E-state index in [9.17, 15) is 35.1 Å². The predicted molar refractivity (Wildman–Crippen MR) is 89.0 cm³/mol. The van der Waals surface area contributed by atoms with Crippen LogP contribution < -0.4 is 0 Å². The number of hydrogen-bond acceptors (Lipinski definition) is 9. The van der Waals surface area contributed by atoms with E-state index >= 15 is 0 Å². The molecule has 12 nitrogen and oxygen atoms in total. The molecule has 1 N–H and O–H groups in total. The lowest BCUT2D eigenvalue weighted by molar-refractivity contribution is -0.404. The number of nitrogens with zero attached hydrogens (tertiary/aromatic N) is 4. The molecule has 26 heavy (non-hydrogen) atoms. The highest BCUT2D eigenvalue weighted by atomic mass is 16.6. The van der Waals surface area contributed by atoms with Crippen LogP contribution in [0.15, 0.2) is 12.1 Å². The fourth-order valence-corrected chi connectivity index (χ4v) is 2.39. The first-order valence-electron chi connectivity index (χ1n) is 7.53. The van der Waals surface area contributed by atoms with Gasteiger partial charge in [-0.2, -0.15) is 0 Å². The van der Waals surface area contributed by atoms with Crippen molar-refractivity contribution in [3.8, 4) is 5.75 Å². The van der Waals surface area contributed by atoms with Crippen LogP contribution in [-0.2, 0) is 4.79 Å². The lowest BCUT2D eigenvalue weighted by Crippen LogP contribution is -2.32. The molecule has 1 aliphatic rings. The summed E-state index contributed by atoms with van der Waals surface area (Å²) in [6, 6.07) is 0.894. The van der Waals surface area contributed by atoms with Crippen molar-refractivity contribution in [2.45, 2.75) is 19.8 Å². The Bertz CT molecular complexity index is 693. The average molecular weight is 370 g/mol. The molecule has 0 aromatic heterocycles. The Hall–Kier alpha value is -3.15. The molecule has 1 aliphatic heterocycles. The van der Waals surface area contributed by atoms with E-state index in [1.807, 2.05) is 0 Å². The van der Waals surface area contributed by atoms with Gasteiger partial charge in [0.2, 0.25) is 0 Å². The maximum Gasteiger partial charge on any atom is 0.324 e. The van der Waals surface area contributed by atoms with Crippen molar-refractivity contribution in [3.05, 3.63) is 42.5 Å². The number of nitro benzene ring substituents is 3. The van der Waals surface area contributed by atoms with E-state index in [2.05, 4.69) is 11.9 Å². The van der Waals surface area contributed by atoms with Gasteiger partial charge in [-0.15, -0.1) is 0 Å². The highest BCUT2D eigenvalue weighted by Gasteiger charge is 2.30. The molecule has 1 saturated heterocycles. The molecule has 1 fully saturated rings. The van der Waals surface area contributed by atoms with Crippen molar-refractivity contribution >= 4 is 22.8 Å². The van der Waals surface area contributed by atoms with Gasteiger partial charge < -0.3 is 10.0 Å². The summed E-state index contributed by atoms with van der Waals surface area (Å²) in [6.45, 7) is 3.88. The Morgan fingerprint density at radius 3 is 1.77 bits per heavy atom. The summed E-state index contributed by atoms with van der Waals surface area (Å²) in [5.74, 6) is -0.482. The van der Waals surface area contributed by atoms with Crippen LogP contribution in [0.2, 0.25) is 0 Å². The molecule has 0 saturated carbocycles. The second kappa shape index (κ2) is 8.80. The number of rotatable bonds is 4. The first-order chi connectivity index (χ1) is 12.0. The highest BCUT2D eigenvalue weighted by Crippen LogP contribution is 2.38. The molecule has 0 bridgehead atoms. The van der Waals surface area contributed by atoms with Crippen molar-refractivity contribution in [2.24, 2.45) is 5.92 Å². The molecule has 1 aromatic carbocycles. The van der Waals surface area contributed by atoms with Gasteiger partial charge in [-0.1, -0.05) is 0 Å². The Morgan fingerprint density at radius 2 is 1.46 bits per heavy atom. The van der Waals surface area contributed by atoms with Crippen LogP contribution in [0, 0.1) is 36.3 Å². The van der Waals surface area contributed by atoms with Gasteiger partial charge >= 0.3 is 11.4 Å². The molecule has 0 aliphatic carbocycles.